The maximum Gasteiger partial charge on any atom is 0.200 e. The summed E-state index contributed by atoms with van der Waals surface area (Å²) >= 11 is 0. The average Bonchev–Trinajstić information content (AvgIpc) is 2.47. The van der Waals surface area contributed by atoms with Crippen molar-refractivity contribution in [1.29, 1.82) is 0 Å². The summed E-state index contributed by atoms with van der Waals surface area (Å²) in [5, 5.41) is 8.81. The molecule has 0 fully saturated rings. The molecule has 0 heterocycles. The second kappa shape index (κ2) is 6.82. The van der Waals surface area contributed by atoms with Crippen LogP contribution in [0.4, 0.5) is 4.39 Å². The summed E-state index contributed by atoms with van der Waals surface area (Å²) in [6.07, 6.45) is 0.592. The number of ketones is 1. The average molecular weight is 274 g/mol. The Morgan fingerprint density at radius 3 is 2.30 bits per heavy atom. The van der Waals surface area contributed by atoms with Crippen LogP contribution in [0.25, 0.3) is 0 Å². The Bertz CT molecular complexity index is 561. The van der Waals surface area contributed by atoms with Crippen molar-refractivity contribution in [3.63, 3.8) is 0 Å². The third kappa shape index (κ3) is 3.90. The van der Waals surface area contributed by atoms with Gasteiger partial charge in [-0.05, 0) is 48.4 Å². The lowest BCUT2D eigenvalue weighted by molar-refractivity contribution is 0.0921. The van der Waals surface area contributed by atoms with E-state index in [-0.39, 0.29) is 24.8 Å². The van der Waals surface area contributed by atoms with Crippen molar-refractivity contribution in [2.75, 3.05) is 13.2 Å². The monoisotopic (exact) mass is 274 g/mol. The highest BCUT2D eigenvalue weighted by atomic mass is 19.1. The summed E-state index contributed by atoms with van der Waals surface area (Å²) in [5.41, 5.74) is 1.42. The van der Waals surface area contributed by atoms with E-state index < -0.39 is 0 Å². The molecule has 104 valence electrons. The Morgan fingerprint density at radius 2 is 1.70 bits per heavy atom. The van der Waals surface area contributed by atoms with Crippen LogP contribution in [0.5, 0.6) is 5.75 Å². The van der Waals surface area contributed by atoms with Crippen molar-refractivity contribution in [2.45, 2.75) is 6.42 Å². The largest absolute Gasteiger partial charge is 0.485 e. The molecule has 0 saturated heterocycles. The molecule has 2 aromatic rings. The minimum Gasteiger partial charge on any atom is -0.485 e. The van der Waals surface area contributed by atoms with Crippen LogP contribution in [0.15, 0.2) is 48.5 Å². The molecule has 4 heteroatoms. The second-order valence-electron chi connectivity index (χ2n) is 4.34. The van der Waals surface area contributed by atoms with Crippen LogP contribution < -0.4 is 4.74 Å². The summed E-state index contributed by atoms with van der Waals surface area (Å²) in [7, 11) is 0. The van der Waals surface area contributed by atoms with Crippen molar-refractivity contribution in [1.82, 2.24) is 0 Å². The number of halogens is 1. The predicted molar refractivity (Wildman–Crippen MR) is 73.5 cm³/mol. The van der Waals surface area contributed by atoms with Gasteiger partial charge in [0, 0.05) is 12.2 Å². The summed E-state index contributed by atoms with van der Waals surface area (Å²) in [6.45, 7) is 0.00817. The molecule has 0 aromatic heterocycles. The van der Waals surface area contributed by atoms with Crippen molar-refractivity contribution in [3.05, 3.63) is 65.5 Å². The van der Waals surface area contributed by atoms with Crippen LogP contribution in [-0.2, 0) is 6.42 Å². The maximum atomic E-state index is 12.7. The van der Waals surface area contributed by atoms with E-state index in [1.165, 1.54) is 24.3 Å². The predicted octanol–water partition coefficient (Wildman–Crippen LogP) is 2.62. The molecule has 0 atom stereocenters. The third-order valence-electron chi connectivity index (χ3n) is 2.86. The molecule has 2 rings (SSSR count). The number of aliphatic hydroxyl groups excluding tert-OH is 1. The lowest BCUT2D eigenvalue weighted by Crippen LogP contribution is -2.11. The minimum atomic E-state index is -0.373. The third-order valence-corrected chi connectivity index (χ3v) is 2.86. The molecular formula is C16H15FO3. The maximum absolute atomic E-state index is 12.7. The molecule has 0 radical (unpaired) electrons. The van der Waals surface area contributed by atoms with E-state index in [1.807, 2.05) is 12.1 Å². The minimum absolute atomic E-state index is 0.0923. The molecule has 0 unspecified atom stereocenters. The smallest absolute Gasteiger partial charge is 0.200 e. The number of benzene rings is 2. The SMILES string of the molecule is O=C(COc1ccc(CCO)cc1)c1ccc(F)cc1. The molecule has 0 amide bonds. The van der Waals surface area contributed by atoms with Gasteiger partial charge >= 0.3 is 0 Å². The quantitative estimate of drug-likeness (QED) is 0.824. The molecule has 0 aliphatic carbocycles. The van der Waals surface area contributed by atoms with Crippen LogP contribution in [0.1, 0.15) is 15.9 Å². The first-order chi connectivity index (χ1) is 9.69. The lowest BCUT2D eigenvalue weighted by Gasteiger charge is -2.06. The fourth-order valence-electron chi connectivity index (χ4n) is 1.75. The van der Waals surface area contributed by atoms with E-state index in [2.05, 4.69) is 0 Å². The van der Waals surface area contributed by atoms with Crippen LogP contribution in [0, 0.1) is 5.82 Å². The standard InChI is InChI=1S/C16H15FO3/c17-14-5-3-13(4-6-14)16(19)11-20-15-7-1-12(2-8-15)9-10-18/h1-8,18H,9-11H2. The first-order valence-corrected chi connectivity index (χ1v) is 6.30. The molecule has 3 nitrogen and oxygen atoms in total. The first kappa shape index (κ1) is 14.2. The summed E-state index contributed by atoms with van der Waals surface area (Å²) < 4.78 is 18.1. The normalized spacial score (nSPS) is 10.3. The van der Waals surface area contributed by atoms with E-state index in [4.69, 9.17) is 9.84 Å². The van der Waals surface area contributed by atoms with Crippen molar-refractivity contribution in [2.24, 2.45) is 0 Å². The Hall–Kier alpha value is -2.20. The highest BCUT2D eigenvalue weighted by Crippen LogP contribution is 2.13. The van der Waals surface area contributed by atoms with Gasteiger partial charge in [0.25, 0.3) is 0 Å². The molecule has 0 aliphatic heterocycles. The summed E-state index contributed by atoms with van der Waals surface area (Å²) in [4.78, 5) is 11.8. The van der Waals surface area contributed by atoms with Crippen LogP contribution in [0.2, 0.25) is 0 Å². The fraction of sp³-hybridized carbons (Fsp3) is 0.188. The zero-order valence-electron chi connectivity index (χ0n) is 10.9. The van der Waals surface area contributed by atoms with Crippen molar-refractivity contribution in [3.8, 4) is 5.75 Å². The first-order valence-electron chi connectivity index (χ1n) is 6.30. The number of carbonyl (C=O) groups is 1. The number of carbonyl (C=O) groups excluding carboxylic acids is 1. The molecule has 0 saturated carbocycles. The Labute approximate surface area is 116 Å². The topological polar surface area (TPSA) is 46.5 Å². The second-order valence-corrected chi connectivity index (χ2v) is 4.34. The molecular weight excluding hydrogens is 259 g/mol. The highest BCUT2D eigenvalue weighted by Gasteiger charge is 2.07. The summed E-state index contributed by atoms with van der Waals surface area (Å²) in [6, 6.07) is 12.6. The molecule has 2 aromatic carbocycles. The van der Waals surface area contributed by atoms with Gasteiger partial charge < -0.3 is 9.84 Å². The van der Waals surface area contributed by atoms with Crippen LogP contribution in [0.3, 0.4) is 0 Å². The van der Waals surface area contributed by atoms with E-state index in [0.717, 1.165) is 5.56 Å². The van der Waals surface area contributed by atoms with Gasteiger partial charge in [-0.25, -0.2) is 4.39 Å². The Balaban J connectivity index is 1.91. The number of Topliss-reactive ketones (excluding diaryl/α,β-unsaturated/α-hetero) is 1. The van der Waals surface area contributed by atoms with E-state index in [0.29, 0.717) is 17.7 Å². The van der Waals surface area contributed by atoms with Crippen molar-refractivity contribution < 1.29 is 19.0 Å². The molecule has 0 aliphatic rings. The van der Waals surface area contributed by atoms with Gasteiger partial charge in [-0.2, -0.15) is 0 Å². The number of hydrogen-bond donors (Lipinski definition) is 1. The van der Waals surface area contributed by atoms with Crippen LogP contribution >= 0.6 is 0 Å². The van der Waals surface area contributed by atoms with Gasteiger partial charge in [0.15, 0.2) is 12.4 Å². The van der Waals surface area contributed by atoms with Crippen molar-refractivity contribution >= 4 is 5.78 Å². The zero-order valence-corrected chi connectivity index (χ0v) is 10.9. The van der Waals surface area contributed by atoms with Gasteiger partial charge in [0.2, 0.25) is 0 Å². The molecule has 1 N–H and O–H groups in total. The van der Waals surface area contributed by atoms with E-state index >= 15 is 0 Å². The van der Waals surface area contributed by atoms with Gasteiger partial charge in [0.1, 0.15) is 11.6 Å². The number of hydrogen-bond acceptors (Lipinski definition) is 3. The van der Waals surface area contributed by atoms with Gasteiger partial charge in [-0.15, -0.1) is 0 Å². The Kier molecular flexibility index (Phi) is 4.85. The fourth-order valence-corrected chi connectivity index (χ4v) is 1.75. The molecule has 20 heavy (non-hydrogen) atoms. The van der Waals surface area contributed by atoms with E-state index in [9.17, 15) is 9.18 Å². The zero-order chi connectivity index (χ0) is 14.4. The number of rotatable bonds is 6. The number of ether oxygens (including phenoxy) is 1. The summed E-state index contributed by atoms with van der Waals surface area (Å²) in [5.74, 6) is 0.00790. The Morgan fingerprint density at radius 1 is 1.05 bits per heavy atom. The van der Waals surface area contributed by atoms with E-state index in [1.54, 1.807) is 12.1 Å². The van der Waals surface area contributed by atoms with Gasteiger partial charge in [-0.1, -0.05) is 12.1 Å². The lowest BCUT2D eigenvalue weighted by atomic mass is 10.1. The van der Waals surface area contributed by atoms with Crippen LogP contribution in [-0.4, -0.2) is 24.1 Å². The van der Waals surface area contributed by atoms with Gasteiger partial charge in [-0.3, -0.25) is 4.79 Å². The van der Waals surface area contributed by atoms with Gasteiger partial charge in [0.05, 0.1) is 0 Å². The highest BCUT2D eigenvalue weighted by molar-refractivity contribution is 5.97. The molecule has 0 spiro atoms. The molecule has 0 bridgehead atoms. The number of aliphatic hydroxyl groups is 1.